The first-order chi connectivity index (χ1) is 9.30. The highest BCUT2D eigenvalue weighted by Gasteiger charge is 2.11. The van der Waals surface area contributed by atoms with Crippen LogP contribution in [-0.4, -0.2) is 8.42 Å². The van der Waals surface area contributed by atoms with E-state index in [1.165, 1.54) is 11.1 Å². The van der Waals surface area contributed by atoms with Crippen molar-refractivity contribution >= 4 is 10.0 Å². The fourth-order valence-electron chi connectivity index (χ4n) is 1.92. The summed E-state index contributed by atoms with van der Waals surface area (Å²) >= 11 is 0. The highest BCUT2D eigenvalue weighted by atomic mass is 32.2. The van der Waals surface area contributed by atoms with Crippen molar-refractivity contribution in [3.05, 3.63) is 53.1 Å². The third-order valence-electron chi connectivity index (χ3n) is 3.04. The minimum atomic E-state index is -3.65. The lowest BCUT2D eigenvalue weighted by molar-refractivity contribution is 0.597. The molecule has 0 bridgehead atoms. The number of hydrogen-bond donors (Lipinski definition) is 1. The molecule has 1 rings (SSSR count). The monoisotopic (exact) mass is 293 g/mol. The van der Waals surface area contributed by atoms with Crippen molar-refractivity contribution in [3.63, 3.8) is 0 Å². The Kier molecular flexibility index (Phi) is 6.17. The average molecular weight is 293 g/mol. The molecule has 0 fully saturated rings. The van der Waals surface area contributed by atoms with Gasteiger partial charge in [-0.25, -0.2) is 13.6 Å². The third kappa shape index (κ3) is 5.72. The standard InChI is InChI=1S/C16H23NO2S/c1-13(2)7-6-8-14(3)11-12-15-9-4-5-10-16(15)20(17,18)19/h4-5,7,9-11H,6,8,12H2,1-3H3,(H2,17,18,19)/b14-11+. The molecule has 2 N–H and O–H groups in total. The van der Waals surface area contributed by atoms with Gasteiger partial charge in [0.2, 0.25) is 10.0 Å². The van der Waals surface area contributed by atoms with Crippen molar-refractivity contribution < 1.29 is 8.42 Å². The van der Waals surface area contributed by atoms with Crippen LogP contribution in [0.2, 0.25) is 0 Å². The van der Waals surface area contributed by atoms with E-state index in [9.17, 15) is 8.42 Å². The zero-order valence-electron chi connectivity index (χ0n) is 12.4. The van der Waals surface area contributed by atoms with Gasteiger partial charge in [0.1, 0.15) is 0 Å². The first-order valence-electron chi connectivity index (χ1n) is 6.70. The fraction of sp³-hybridized carbons (Fsp3) is 0.375. The van der Waals surface area contributed by atoms with E-state index < -0.39 is 10.0 Å². The molecule has 0 heterocycles. The summed E-state index contributed by atoms with van der Waals surface area (Å²) < 4.78 is 23.0. The topological polar surface area (TPSA) is 60.2 Å². The number of allylic oxidation sites excluding steroid dienone is 4. The van der Waals surface area contributed by atoms with Gasteiger partial charge in [0.05, 0.1) is 4.90 Å². The number of nitrogens with two attached hydrogens (primary N) is 1. The van der Waals surface area contributed by atoms with E-state index in [0.717, 1.165) is 18.4 Å². The molecule has 4 heteroatoms. The molecule has 3 nitrogen and oxygen atoms in total. The number of hydrogen-bond acceptors (Lipinski definition) is 2. The van der Waals surface area contributed by atoms with E-state index in [4.69, 9.17) is 5.14 Å². The third-order valence-corrected chi connectivity index (χ3v) is 4.05. The van der Waals surface area contributed by atoms with Crippen molar-refractivity contribution in [2.75, 3.05) is 0 Å². The Morgan fingerprint density at radius 3 is 2.40 bits per heavy atom. The molecular weight excluding hydrogens is 270 g/mol. The summed E-state index contributed by atoms with van der Waals surface area (Å²) in [7, 11) is -3.65. The Morgan fingerprint density at radius 1 is 1.15 bits per heavy atom. The number of sulfonamides is 1. The predicted octanol–water partition coefficient (Wildman–Crippen LogP) is 3.57. The molecule has 0 aliphatic rings. The zero-order valence-corrected chi connectivity index (χ0v) is 13.2. The maximum absolute atomic E-state index is 11.5. The minimum Gasteiger partial charge on any atom is -0.225 e. The van der Waals surface area contributed by atoms with Crippen LogP contribution in [0.3, 0.4) is 0 Å². The molecule has 0 aliphatic heterocycles. The maximum Gasteiger partial charge on any atom is 0.238 e. The Balaban J connectivity index is 2.77. The number of benzene rings is 1. The van der Waals surface area contributed by atoms with Crippen LogP contribution in [0.1, 0.15) is 39.2 Å². The van der Waals surface area contributed by atoms with Crippen LogP contribution in [0.5, 0.6) is 0 Å². The predicted molar refractivity (Wildman–Crippen MR) is 83.9 cm³/mol. The van der Waals surface area contributed by atoms with E-state index in [1.807, 2.05) is 6.07 Å². The smallest absolute Gasteiger partial charge is 0.225 e. The largest absolute Gasteiger partial charge is 0.238 e. The van der Waals surface area contributed by atoms with E-state index in [0.29, 0.717) is 6.42 Å². The van der Waals surface area contributed by atoms with Gasteiger partial charge in [0.25, 0.3) is 0 Å². The van der Waals surface area contributed by atoms with Gasteiger partial charge in [0.15, 0.2) is 0 Å². The van der Waals surface area contributed by atoms with Crippen molar-refractivity contribution in [1.82, 2.24) is 0 Å². The summed E-state index contributed by atoms with van der Waals surface area (Å²) in [6.07, 6.45) is 6.87. The first-order valence-corrected chi connectivity index (χ1v) is 8.25. The Bertz CT molecular complexity index is 609. The van der Waals surface area contributed by atoms with Crippen LogP contribution in [0, 0.1) is 0 Å². The van der Waals surface area contributed by atoms with E-state index in [-0.39, 0.29) is 4.90 Å². The number of primary sulfonamides is 1. The molecule has 1 aromatic rings. The van der Waals surface area contributed by atoms with Gasteiger partial charge in [0, 0.05) is 0 Å². The van der Waals surface area contributed by atoms with Gasteiger partial charge in [-0.05, 0) is 51.7 Å². The molecule has 0 saturated carbocycles. The minimum absolute atomic E-state index is 0.216. The lowest BCUT2D eigenvalue weighted by atomic mass is 10.1. The molecule has 0 aliphatic carbocycles. The molecule has 0 radical (unpaired) electrons. The second-order valence-electron chi connectivity index (χ2n) is 5.23. The van der Waals surface area contributed by atoms with Crippen LogP contribution < -0.4 is 5.14 Å². The van der Waals surface area contributed by atoms with E-state index >= 15 is 0 Å². The van der Waals surface area contributed by atoms with Gasteiger partial charge in [-0.1, -0.05) is 41.5 Å². The Labute approximate surface area is 122 Å². The molecular formula is C16H23NO2S. The molecule has 0 atom stereocenters. The first kappa shape index (κ1) is 16.7. The summed E-state index contributed by atoms with van der Waals surface area (Å²) in [6, 6.07) is 6.88. The van der Waals surface area contributed by atoms with Crippen LogP contribution in [-0.2, 0) is 16.4 Å². The lowest BCUT2D eigenvalue weighted by Gasteiger charge is -2.06. The van der Waals surface area contributed by atoms with Gasteiger partial charge < -0.3 is 0 Å². The van der Waals surface area contributed by atoms with E-state index in [2.05, 4.69) is 32.9 Å². The second-order valence-corrected chi connectivity index (χ2v) is 6.76. The fourth-order valence-corrected chi connectivity index (χ4v) is 2.71. The number of rotatable bonds is 6. The molecule has 0 amide bonds. The SMILES string of the molecule is CC(C)=CCC/C(C)=C/Cc1ccccc1S(N)(=O)=O. The summed E-state index contributed by atoms with van der Waals surface area (Å²) in [6.45, 7) is 6.24. The molecule has 110 valence electrons. The van der Waals surface area contributed by atoms with Crippen LogP contribution >= 0.6 is 0 Å². The lowest BCUT2D eigenvalue weighted by Crippen LogP contribution is -2.14. The quantitative estimate of drug-likeness (QED) is 0.815. The molecule has 20 heavy (non-hydrogen) atoms. The van der Waals surface area contributed by atoms with Gasteiger partial charge in [-0.3, -0.25) is 0 Å². The highest BCUT2D eigenvalue weighted by molar-refractivity contribution is 7.89. The summed E-state index contributed by atoms with van der Waals surface area (Å²) in [5.74, 6) is 0. The molecule has 0 saturated heterocycles. The van der Waals surface area contributed by atoms with Crippen molar-refractivity contribution in [1.29, 1.82) is 0 Å². The second kappa shape index (κ2) is 7.41. The van der Waals surface area contributed by atoms with Crippen LogP contribution in [0.15, 0.2) is 52.5 Å². The maximum atomic E-state index is 11.5. The summed E-state index contributed by atoms with van der Waals surface area (Å²) in [4.78, 5) is 0.216. The van der Waals surface area contributed by atoms with Crippen molar-refractivity contribution in [3.8, 4) is 0 Å². The molecule has 0 unspecified atom stereocenters. The molecule has 0 aromatic heterocycles. The summed E-state index contributed by atoms with van der Waals surface area (Å²) in [5, 5.41) is 5.22. The Hall–Kier alpha value is -1.39. The van der Waals surface area contributed by atoms with Crippen LogP contribution in [0.4, 0.5) is 0 Å². The van der Waals surface area contributed by atoms with Crippen LogP contribution in [0.25, 0.3) is 0 Å². The van der Waals surface area contributed by atoms with Crippen molar-refractivity contribution in [2.45, 2.75) is 44.9 Å². The van der Waals surface area contributed by atoms with E-state index in [1.54, 1.807) is 18.2 Å². The zero-order chi connectivity index (χ0) is 15.2. The average Bonchev–Trinajstić information content (AvgIpc) is 2.35. The molecule has 1 aromatic carbocycles. The molecule has 0 spiro atoms. The van der Waals surface area contributed by atoms with Gasteiger partial charge >= 0.3 is 0 Å². The van der Waals surface area contributed by atoms with Gasteiger partial charge in [-0.15, -0.1) is 0 Å². The normalized spacial score (nSPS) is 12.3. The summed E-state index contributed by atoms with van der Waals surface area (Å²) in [5.41, 5.74) is 3.32. The van der Waals surface area contributed by atoms with Gasteiger partial charge in [-0.2, -0.15) is 0 Å². The van der Waals surface area contributed by atoms with Crippen molar-refractivity contribution in [2.24, 2.45) is 5.14 Å². The Morgan fingerprint density at radius 2 is 1.80 bits per heavy atom. The highest BCUT2D eigenvalue weighted by Crippen LogP contribution is 2.16.